The summed E-state index contributed by atoms with van der Waals surface area (Å²) in [6, 6.07) is 8.37. The summed E-state index contributed by atoms with van der Waals surface area (Å²) in [7, 11) is 0. The van der Waals surface area contributed by atoms with Crippen LogP contribution in [-0.2, 0) is 9.53 Å². The molecule has 0 saturated carbocycles. The van der Waals surface area contributed by atoms with Gasteiger partial charge in [0.15, 0.2) is 6.10 Å². The molecule has 0 aliphatic heterocycles. The first-order chi connectivity index (χ1) is 10.9. The van der Waals surface area contributed by atoms with Crippen LogP contribution in [0.4, 0.5) is 5.00 Å². The molecule has 2 aromatic rings. The summed E-state index contributed by atoms with van der Waals surface area (Å²) in [5.74, 6) is -1.76. The van der Waals surface area contributed by atoms with Crippen LogP contribution in [0.5, 0.6) is 0 Å². The second kappa shape index (κ2) is 7.55. The Morgan fingerprint density at radius 1 is 1.30 bits per heavy atom. The molecule has 1 unspecified atom stereocenters. The average molecular weight is 444 g/mol. The molecule has 2 amide bonds. The van der Waals surface area contributed by atoms with Gasteiger partial charge in [0.1, 0.15) is 5.00 Å². The van der Waals surface area contributed by atoms with E-state index in [0.29, 0.717) is 10.6 Å². The third-order valence-corrected chi connectivity index (χ3v) is 4.38. The normalized spacial score (nSPS) is 11.6. The van der Waals surface area contributed by atoms with Crippen molar-refractivity contribution in [1.29, 1.82) is 0 Å². The van der Waals surface area contributed by atoms with Crippen molar-refractivity contribution in [3.8, 4) is 0 Å². The maximum absolute atomic E-state index is 12.1. The number of benzene rings is 1. The number of nitrogens with two attached hydrogens (primary N) is 1. The molecule has 1 aromatic heterocycles. The maximum atomic E-state index is 12.1. The van der Waals surface area contributed by atoms with Gasteiger partial charge in [-0.05, 0) is 59.2 Å². The van der Waals surface area contributed by atoms with E-state index in [1.807, 2.05) is 6.07 Å². The van der Waals surface area contributed by atoms with Crippen molar-refractivity contribution in [2.45, 2.75) is 13.0 Å². The molecule has 2 rings (SSSR count). The van der Waals surface area contributed by atoms with E-state index in [0.717, 1.165) is 3.57 Å². The van der Waals surface area contributed by atoms with Gasteiger partial charge in [-0.2, -0.15) is 0 Å². The zero-order valence-electron chi connectivity index (χ0n) is 12.0. The maximum Gasteiger partial charge on any atom is 0.338 e. The minimum atomic E-state index is -1.01. The third-order valence-electron chi connectivity index (χ3n) is 2.88. The lowest BCUT2D eigenvalue weighted by Gasteiger charge is -2.13. The molecule has 3 N–H and O–H groups in total. The van der Waals surface area contributed by atoms with E-state index in [-0.39, 0.29) is 5.56 Å². The van der Waals surface area contributed by atoms with E-state index in [1.54, 1.807) is 23.6 Å². The van der Waals surface area contributed by atoms with Gasteiger partial charge in [0.2, 0.25) is 0 Å². The van der Waals surface area contributed by atoms with Crippen LogP contribution >= 0.6 is 33.9 Å². The number of esters is 1. The molecule has 23 heavy (non-hydrogen) atoms. The van der Waals surface area contributed by atoms with Crippen molar-refractivity contribution < 1.29 is 19.1 Å². The molecular weight excluding hydrogens is 431 g/mol. The highest BCUT2D eigenvalue weighted by Crippen LogP contribution is 2.23. The van der Waals surface area contributed by atoms with E-state index in [9.17, 15) is 14.4 Å². The number of anilines is 1. The van der Waals surface area contributed by atoms with Crippen LogP contribution in [0.15, 0.2) is 35.7 Å². The highest BCUT2D eigenvalue weighted by Gasteiger charge is 2.21. The summed E-state index contributed by atoms with van der Waals surface area (Å²) in [5.41, 5.74) is 5.80. The molecule has 0 radical (unpaired) electrons. The number of primary amides is 1. The number of rotatable bonds is 5. The van der Waals surface area contributed by atoms with Gasteiger partial charge in [0.25, 0.3) is 11.8 Å². The molecular formula is C15H13IN2O4S. The van der Waals surface area contributed by atoms with E-state index in [2.05, 4.69) is 27.9 Å². The Bertz CT molecular complexity index is 759. The number of thiophene rings is 1. The molecule has 1 aromatic carbocycles. The standard InChI is InChI=1S/C15H13IN2O4S/c1-8(22-15(21)9-3-2-4-10(16)7-9)13(20)18-14-11(12(17)19)5-6-23-14/h2-8H,1H3,(H2,17,19)(H,18,20). The molecule has 120 valence electrons. The van der Waals surface area contributed by atoms with Gasteiger partial charge in [0.05, 0.1) is 11.1 Å². The topological polar surface area (TPSA) is 98.5 Å². The van der Waals surface area contributed by atoms with Crippen LogP contribution in [0.3, 0.4) is 0 Å². The molecule has 0 saturated heterocycles. The minimum absolute atomic E-state index is 0.222. The van der Waals surface area contributed by atoms with Crippen LogP contribution in [0.1, 0.15) is 27.6 Å². The molecule has 1 heterocycles. The predicted molar refractivity (Wildman–Crippen MR) is 95.5 cm³/mol. The van der Waals surface area contributed by atoms with Crippen molar-refractivity contribution in [3.63, 3.8) is 0 Å². The van der Waals surface area contributed by atoms with Crippen LogP contribution in [0.2, 0.25) is 0 Å². The van der Waals surface area contributed by atoms with Crippen molar-refractivity contribution in [2.24, 2.45) is 5.73 Å². The van der Waals surface area contributed by atoms with Crippen LogP contribution < -0.4 is 11.1 Å². The molecule has 0 bridgehead atoms. The molecule has 8 heteroatoms. The quantitative estimate of drug-likeness (QED) is 0.547. The highest BCUT2D eigenvalue weighted by atomic mass is 127. The van der Waals surface area contributed by atoms with E-state index >= 15 is 0 Å². The summed E-state index contributed by atoms with van der Waals surface area (Å²) in [4.78, 5) is 35.3. The number of halogens is 1. The number of hydrogen-bond donors (Lipinski definition) is 2. The first-order valence-corrected chi connectivity index (χ1v) is 8.49. The first kappa shape index (κ1) is 17.4. The van der Waals surface area contributed by atoms with Gasteiger partial charge in [-0.1, -0.05) is 6.07 Å². The Balaban J connectivity index is 2.01. The fraction of sp³-hybridized carbons (Fsp3) is 0.133. The SMILES string of the molecule is CC(OC(=O)c1cccc(I)c1)C(=O)Nc1sccc1C(N)=O. The Morgan fingerprint density at radius 3 is 2.70 bits per heavy atom. The average Bonchev–Trinajstić information content (AvgIpc) is 2.95. The second-order valence-electron chi connectivity index (χ2n) is 4.57. The van der Waals surface area contributed by atoms with E-state index in [1.165, 1.54) is 24.3 Å². The van der Waals surface area contributed by atoms with Gasteiger partial charge in [0, 0.05) is 3.57 Å². The Kier molecular flexibility index (Phi) is 5.72. The molecule has 6 nitrogen and oxygen atoms in total. The number of carbonyl (C=O) groups excluding carboxylic acids is 3. The zero-order chi connectivity index (χ0) is 17.0. The van der Waals surface area contributed by atoms with E-state index in [4.69, 9.17) is 10.5 Å². The lowest BCUT2D eigenvalue weighted by atomic mass is 10.2. The van der Waals surface area contributed by atoms with Crippen LogP contribution in [-0.4, -0.2) is 23.9 Å². The predicted octanol–water partition coefficient (Wildman–Crippen LogP) is 2.64. The highest BCUT2D eigenvalue weighted by molar-refractivity contribution is 14.1. The lowest BCUT2D eigenvalue weighted by Crippen LogP contribution is -2.30. The second-order valence-corrected chi connectivity index (χ2v) is 6.74. The molecule has 0 aliphatic carbocycles. The fourth-order valence-electron chi connectivity index (χ4n) is 1.71. The summed E-state index contributed by atoms with van der Waals surface area (Å²) < 4.78 is 6.02. The third kappa shape index (κ3) is 4.52. The largest absolute Gasteiger partial charge is 0.449 e. The van der Waals surface area contributed by atoms with E-state index < -0.39 is 23.9 Å². The monoisotopic (exact) mass is 444 g/mol. The van der Waals surface area contributed by atoms with Crippen molar-refractivity contribution in [2.75, 3.05) is 5.32 Å². The molecule has 0 aliphatic rings. The summed E-state index contributed by atoms with van der Waals surface area (Å²) >= 11 is 3.25. The van der Waals surface area contributed by atoms with Gasteiger partial charge in [-0.25, -0.2) is 4.79 Å². The molecule has 0 fully saturated rings. The zero-order valence-corrected chi connectivity index (χ0v) is 15.0. The fourth-order valence-corrected chi connectivity index (χ4v) is 3.05. The van der Waals surface area contributed by atoms with Crippen LogP contribution in [0.25, 0.3) is 0 Å². The Hall–Kier alpha value is -1.94. The number of nitrogens with one attached hydrogen (secondary N) is 1. The van der Waals surface area contributed by atoms with Crippen molar-refractivity contribution >= 4 is 56.7 Å². The number of carbonyl (C=O) groups is 3. The van der Waals surface area contributed by atoms with Crippen LogP contribution in [0, 0.1) is 3.57 Å². The Morgan fingerprint density at radius 2 is 2.04 bits per heavy atom. The van der Waals surface area contributed by atoms with Crippen molar-refractivity contribution in [3.05, 3.63) is 50.4 Å². The molecule has 0 spiro atoms. The van der Waals surface area contributed by atoms with Gasteiger partial charge < -0.3 is 15.8 Å². The smallest absolute Gasteiger partial charge is 0.338 e. The van der Waals surface area contributed by atoms with Gasteiger partial charge in [-0.15, -0.1) is 11.3 Å². The van der Waals surface area contributed by atoms with Gasteiger partial charge >= 0.3 is 5.97 Å². The first-order valence-electron chi connectivity index (χ1n) is 6.53. The summed E-state index contributed by atoms with van der Waals surface area (Å²) in [5, 5.41) is 4.51. The number of hydrogen-bond acceptors (Lipinski definition) is 5. The number of ether oxygens (including phenoxy) is 1. The lowest BCUT2D eigenvalue weighted by molar-refractivity contribution is -0.123. The van der Waals surface area contributed by atoms with Gasteiger partial charge in [-0.3, -0.25) is 9.59 Å². The molecule has 1 atom stereocenters. The Labute approximate surface area is 150 Å². The summed E-state index contributed by atoms with van der Waals surface area (Å²) in [6.45, 7) is 1.46. The number of amides is 2. The summed E-state index contributed by atoms with van der Waals surface area (Å²) in [6.07, 6.45) is -1.01. The van der Waals surface area contributed by atoms with Crippen molar-refractivity contribution in [1.82, 2.24) is 0 Å². The minimum Gasteiger partial charge on any atom is -0.449 e.